The number of hydrogen-bond acceptors (Lipinski definition) is 6. The first-order chi connectivity index (χ1) is 17.4. The Kier molecular flexibility index (Phi) is 8.69. The van der Waals surface area contributed by atoms with Gasteiger partial charge in [-0.25, -0.2) is 4.39 Å². The van der Waals surface area contributed by atoms with Crippen molar-refractivity contribution in [2.45, 2.75) is 51.1 Å². The minimum absolute atomic E-state index is 0.0838. The fourth-order valence-electron chi connectivity index (χ4n) is 5.04. The van der Waals surface area contributed by atoms with Crippen molar-refractivity contribution in [1.29, 1.82) is 0 Å². The second-order valence-electron chi connectivity index (χ2n) is 9.49. The van der Waals surface area contributed by atoms with Crippen molar-refractivity contribution in [2.24, 2.45) is 5.41 Å². The van der Waals surface area contributed by atoms with E-state index in [0.29, 0.717) is 48.1 Å². The summed E-state index contributed by atoms with van der Waals surface area (Å²) < 4.78 is 20.9. The van der Waals surface area contributed by atoms with Crippen LogP contribution < -0.4 is 4.74 Å². The number of aryl methyl sites for hydroxylation is 1. The summed E-state index contributed by atoms with van der Waals surface area (Å²) in [4.78, 5) is 27.3. The first-order valence-corrected chi connectivity index (χ1v) is 12.8. The zero-order chi connectivity index (χ0) is 25.5. The monoisotopic (exact) mass is 514 g/mol. The van der Waals surface area contributed by atoms with Crippen LogP contribution in [-0.4, -0.2) is 57.7 Å². The highest BCUT2D eigenvalue weighted by atomic mass is 35.5. The Morgan fingerprint density at radius 3 is 2.72 bits per heavy atom. The van der Waals surface area contributed by atoms with Crippen LogP contribution in [0.5, 0.6) is 5.75 Å². The Hall–Kier alpha value is -2.84. The van der Waals surface area contributed by atoms with E-state index in [1.54, 1.807) is 43.9 Å². The highest BCUT2D eigenvalue weighted by Crippen LogP contribution is 2.42. The van der Waals surface area contributed by atoms with E-state index in [4.69, 9.17) is 16.3 Å². The van der Waals surface area contributed by atoms with E-state index in [9.17, 15) is 9.90 Å². The maximum Gasteiger partial charge on any atom is 0.309 e. The molecule has 3 heterocycles. The fraction of sp³-hybridized carbons (Fsp3) is 0.481. The molecule has 0 spiro atoms. The summed E-state index contributed by atoms with van der Waals surface area (Å²) in [5.41, 5.74) is 1.04. The predicted octanol–water partition coefficient (Wildman–Crippen LogP) is 5.67. The Morgan fingerprint density at radius 2 is 2.03 bits per heavy atom. The SMILES string of the molecule is COc1ccc2ncc(Cl)c([C@H](F)CCC3(C(=O)O)CCN(CCCCc4cnccn4)CC3)c2c1. The smallest absolute Gasteiger partial charge is 0.309 e. The molecule has 1 N–H and O–H groups in total. The first-order valence-electron chi connectivity index (χ1n) is 12.4. The van der Waals surface area contributed by atoms with Gasteiger partial charge in [0.05, 0.1) is 28.8 Å². The number of aromatic nitrogens is 3. The molecule has 192 valence electrons. The van der Waals surface area contributed by atoms with Gasteiger partial charge in [0.15, 0.2) is 0 Å². The molecular weight excluding hydrogens is 483 g/mol. The molecule has 1 aliphatic heterocycles. The lowest BCUT2D eigenvalue weighted by molar-refractivity contribution is -0.153. The number of carboxylic acids is 1. The Labute approximate surface area is 215 Å². The lowest BCUT2D eigenvalue weighted by Crippen LogP contribution is -2.44. The molecule has 0 bridgehead atoms. The number of carboxylic acid groups (broad SMARTS) is 1. The lowest BCUT2D eigenvalue weighted by Gasteiger charge is -2.39. The van der Waals surface area contributed by atoms with Crippen LogP contribution in [0.2, 0.25) is 5.02 Å². The number of carbonyl (C=O) groups is 1. The van der Waals surface area contributed by atoms with Crippen LogP contribution in [0.4, 0.5) is 4.39 Å². The molecule has 1 atom stereocenters. The van der Waals surface area contributed by atoms with E-state index in [1.807, 2.05) is 0 Å². The number of ether oxygens (including phenoxy) is 1. The second-order valence-corrected chi connectivity index (χ2v) is 9.90. The van der Waals surface area contributed by atoms with Crippen molar-refractivity contribution in [3.63, 3.8) is 0 Å². The Morgan fingerprint density at radius 1 is 1.22 bits per heavy atom. The van der Waals surface area contributed by atoms with Crippen molar-refractivity contribution < 1.29 is 19.0 Å². The maximum atomic E-state index is 15.6. The quantitative estimate of drug-likeness (QED) is 0.330. The molecule has 0 aliphatic carbocycles. The van der Waals surface area contributed by atoms with E-state index in [-0.39, 0.29) is 17.9 Å². The van der Waals surface area contributed by atoms with Gasteiger partial charge >= 0.3 is 5.97 Å². The van der Waals surface area contributed by atoms with Crippen LogP contribution in [0, 0.1) is 5.41 Å². The summed E-state index contributed by atoms with van der Waals surface area (Å²) in [7, 11) is 1.55. The summed E-state index contributed by atoms with van der Waals surface area (Å²) in [6.07, 6.45) is 9.49. The molecule has 36 heavy (non-hydrogen) atoms. The van der Waals surface area contributed by atoms with Gasteiger partial charge in [0, 0.05) is 35.7 Å². The average Bonchev–Trinajstić information content (AvgIpc) is 2.90. The minimum Gasteiger partial charge on any atom is -0.497 e. The molecule has 2 aromatic heterocycles. The number of piperidine rings is 1. The molecule has 1 fully saturated rings. The van der Waals surface area contributed by atoms with Crippen LogP contribution in [0.15, 0.2) is 43.0 Å². The lowest BCUT2D eigenvalue weighted by atomic mass is 9.74. The topological polar surface area (TPSA) is 88.4 Å². The fourth-order valence-corrected chi connectivity index (χ4v) is 5.31. The molecule has 9 heteroatoms. The van der Waals surface area contributed by atoms with Crippen LogP contribution >= 0.6 is 11.6 Å². The van der Waals surface area contributed by atoms with Crippen LogP contribution in [0.3, 0.4) is 0 Å². The summed E-state index contributed by atoms with van der Waals surface area (Å²) in [5, 5.41) is 10.9. The summed E-state index contributed by atoms with van der Waals surface area (Å²) in [5.74, 6) is -0.254. The molecule has 0 unspecified atom stereocenters. The molecule has 0 saturated carbocycles. The number of alkyl halides is 1. The Bertz CT molecular complexity index is 1170. The van der Waals surface area contributed by atoms with E-state index in [2.05, 4.69) is 19.9 Å². The van der Waals surface area contributed by atoms with E-state index < -0.39 is 17.6 Å². The van der Waals surface area contributed by atoms with Crippen molar-refractivity contribution in [2.75, 3.05) is 26.7 Å². The number of aliphatic carboxylic acids is 1. The van der Waals surface area contributed by atoms with Gasteiger partial charge in [-0.2, -0.15) is 0 Å². The van der Waals surface area contributed by atoms with Crippen LogP contribution in [0.25, 0.3) is 10.9 Å². The second kappa shape index (κ2) is 11.9. The molecule has 3 aromatic rings. The van der Waals surface area contributed by atoms with E-state index in [1.165, 1.54) is 6.20 Å². The minimum atomic E-state index is -1.40. The molecule has 1 aliphatic rings. The zero-order valence-electron chi connectivity index (χ0n) is 20.5. The van der Waals surface area contributed by atoms with Gasteiger partial charge in [-0.05, 0) is 82.8 Å². The standard InChI is InChI=1S/C27H32ClFN4O3/c1-36-20-5-6-24-21(16-20)25(22(28)18-32-24)23(29)7-8-27(26(34)35)9-14-33(15-10-27)13-3-2-4-19-17-30-11-12-31-19/h5-6,11-12,16-18,23H,2-4,7-10,13-15H2,1H3,(H,34,35)/t23-/m1/s1. The number of halogens is 2. The van der Waals surface area contributed by atoms with Crippen molar-refractivity contribution >= 4 is 28.5 Å². The zero-order valence-corrected chi connectivity index (χ0v) is 21.3. The number of benzene rings is 1. The molecule has 1 aromatic carbocycles. The molecule has 1 saturated heterocycles. The maximum absolute atomic E-state index is 15.6. The van der Waals surface area contributed by atoms with Gasteiger partial charge < -0.3 is 14.7 Å². The van der Waals surface area contributed by atoms with Gasteiger partial charge in [-0.1, -0.05) is 11.6 Å². The summed E-state index contributed by atoms with van der Waals surface area (Å²) in [6.45, 7) is 2.32. The van der Waals surface area contributed by atoms with Gasteiger partial charge in [-0.15, -0.1) is 0 Å². The first kappa shape index (κ1) is 26.2. The van der Waals surface area contributed by atoms with E-state index >= 15 is 4.39 Å². The number of likely N-dealkylation sites (tertiary alicyclic amines) is 1. The van der Waals surface area contributed by atoms with Crippen molar-refractivity contribution in [1.82, 2.24) is 19.9 Å². The third-order valence-corrected chi connectivity index (χ3v) is 7.60. The van der Waals surface area contributed by atoms with Gasteiger partial charge in [-0.3, -0.25) is 19.7 Å². The van der Waals surface area contributed by atoms with Gasteiger partial charge in [0.25, 0.3) is 0 Å². The number of methoxy groups -OCH3 is 1. The molecule has 4 rings (SSSR count). The molecule has 0 radical (unpaired) electrons. The number of fused-ring (bicyclic) bond motifs is 1. The largest absolute Gasteiger partial charge is 0.497 e. The average molecular weight is 515 g/mol. The number of pyridine rings is 1. The van der Waals surface area contributed by atoms with Gasteiger partial charge in [0.2, 0.25) is 0 Å². The number of rotatable bonds is 11. The predicted molar refractivity (Wildman–Crippen MR) is 137 cm³/mol. The Balaban J connectivity index is 1.34. The number of unbranched alkanes of at least 4 members (excludes halogenated alkanes) is 1. The molecule has 7 nitrogen and oxygen atoms in total. The highest BCUT2D eigenvalue weighted by molar-refractivity contribution is 6.32. The van der Waals surface area contributed by atoms with Crippen LogP contribution in [-0.2, 0) is 11.2 Å². The normalized spacial score (nSPS) is 16.6. The molecular formula is C27H32ClFN4O3. The molecule has 0 amide bonds. The van der Waals surface area contributed by atoms with Crippen molar-refractivity contribution in [3.8, 4) is 5.75 Å². The summed E-state index contributed by atoms with van der Waals surface area (Å²) >= 11 is 6.36. The van der Waals surface area contributed by atoms with Gasteiger partial charge in [0.1, 0.15) is 11.9 Å². The summed E-state index contributed by atoms with van der Waals surface area (Å²) in [6, 6.07) is 5.26. The number of hydrogen-bond donors (Lipinski definition) is 1. The third kappa shape index (κ3) is 6.10. The van der Waals surface area contributed by atoms with Crippen LogP contribution in [0.1, 0.15) is 56.0 Å². The highest BCUT2D eigenvalue weighted by Gasteiger charge is 2.41. The number of nitrogens with zero attached hydrogens (tertiary/aromatic N) is 4. The third-order valence-electron chi connectivity index (χ3n) is 7.30. The van der Waals surface area contributed by atoms with Crippen molar-refractivity contribution in [3.05, 3.63) is 59.3 Å². The van der Waals surface area contributed by atoms with E-state index in [0.717, 1.165) is 31.5 Å².